The summed E-state index contributed by atoms with van der Waals surface area (Å²) in [6.07, 6.45) is 0. The molecule has 1 aromatic carbocycles. The molecule has 0 aliphatic carbocycles. The van der Waals surface area contributed by atoms with E-state index in [-0.39, 0.29) is 11.4 Å². The van der Waals surface area contributed by atoms with Crippen molar-refractivity contribution in [3.63, 3.8) is 0 Å². The fourth-order valence-corrected chi connectivity index (χ4v) is 1.84. The van der Waals surface area contributed by atoms with E-state index in [1.165, 1.54) is 6.07 Å². The summed E-state index contributed by atoms with van der Waals surface area (Å²) in [4.78, 5) is 11.4. The second-order valence-corrected chi connectivity index (χ2v) is 3.86. The van der Waals surface area contributed by atoms with Crippen molar-refractivity contribution in [3.05, 3.63) is 33.3 Å². The second-order valence-electron chi connectivity index (χ2n) is 2.78. The Morgan fingerprint density at radius 3 is 2.53 bits per heavy atom. The summed E-state index contributed by atoms with van der Waals surface area (Å²) in [7, 11) is 0. The van der Waals surface area contributed by atoms with E-state index in [0.717, 1.165) is 0 Å². The molecule has 0 bridgehead atoms. The largest absolute Gasteiger partial charge is 0.462 e. The van der Waals surface area contributed by atoms with E-state index in [9.17, 15) is 4.79 Å². The Labute approximate surface area is 103 Å². The number of ether oxygens (including phenoxy) is 1. The number of alkyl halides is 1. The third kappa shape index (κ3) is 3.00. The number of carbonyl (C=O) groups is 1. The van der Waals surface area contributed by atoms with Crippen LogP contribution >= 0.6 is 34.8 Å². The van der Waals surface area contributed by atoms with Gasteiger partial charge in [-0.15, -0.1) is 11.6 Å². The van der Waals surface area contributed by atoms with Crippen molar-refractivity contribution in [2.24, 2.45) is 0 Å². The lowest BCUT2D eigenvalue weighted by Crippen LogP contribution is -2.05. The van der Waals surface area contributed by atoms with Gasteiger partial charge in [0.2, 0.25) is 0 Å². The molecule has 0 saturated heterocycles. The summed E-state index contributed by atoms with van der Waals surface area (Å²) in [5, 5.41) is 0.714. The molecule has 1 aromatic rings. The monoisotopic (exact) mass is 266 g/mol. The fourth-order valence-electron chi connectivity index (χ4n) is 1.06. The molecule has 0 spiro atoms. The molecular formula is C10H9Cl3O2. The molecule has 0 aromatic heterocycles. The van der Waals surface area contributed by atoms with Gasteiger partial charge in [-0.3, -0.25) is 0 Å². The lowest BCUT2D eigenvalue weighted by Gasteiger charge is -2.07. The van der Waals surface area contributed by atoms with Crippen molar-refractivity contribution < 1.29 is 9.53 Å². The quantitative estimate of drug-likeness (QED) is 0.613. The lowest BCUT2D eigenvalue weighted by molar-refractivity contribution is 0.0526. The minimum absolute atomic E-state index is 0.252. The topological polar surface area (TPSA) is 26.3 Å². The van der Waals surface area contributed by atoms with Crippen molar-refractivity contribution in [2.75, 3.05) is 6.61 Å². The fraction of sp³-hybridized carbons (Fsp3) is 0.300. The highest BCUT2D eigenvalue weighted by molar-refractivity contribution is 6.36. The van der Waals surface area contributed by atoms with Gasteiger partial charge in [-0.05, 0) is 24.6 Å². The Morgan fingerprint density at radius 1 is 1.33 bits per heavy atom. The zero-order chi connectivity index (χ0) is 11.4. The SMILES string of the molecule is CCOC(=O)c1cc(Cl)c(CCl)cc1Cl. The number of carbonyl (C=O) groups excluding carboxylic acids is 1. The maximum Gasteiger partial charge on any atom is 0.339 e. The third-order valence-electron chi connectivity index (χ3n) is 1.78. The molecule has 2 nitrogen and oxygen atoms in total. The van der Waals surface area contributed by atoms with Gasteiger partial charge in [0, 0.05) is 10.9 Å². The molecule has 0 fully saturated rings. The van der Waals surface area contributed by atoms with Crippen LogP contribution in [-0.4, -0.2) is 12.6 Å². The summed E-state index contributed by atoms with van der Waals surface area (Å²) < 4.78 is 4.82. The first-order valence-electron chi connectivity index (χ1n) is 4.31. The van der Waals surface area contributed by atoms with Gasteiger partial charge in [0.25, 0.3) is 0 Å². The molecule has 0 radical (unpaired) electrons. The number of benzene rings is 1. The maximum absolute atomic E-state index is 11.4. The van der Waals surface area contributed by atoms with E-state index in [1.807, 2.05) is 0 Å². The molecule has 0 aliphatic rings. The van der Waals surface area contributed by atoms with Crippen LogP contribution in [0, 0.1) is 0 Å². The van der Waals surface area contributed by atoms with Gasteiger partial charge in [0.1, 0.15) is 0 Å². The number of esters is 1. The van der Waals surface area contributed by atoms with Crippen molar-refractivity contribution in [2.45, 2.75) is 12.8 Å². The maximum atomic E-state index is 11.4. The Morgan fingerprint density at radius 2 is 2.00 bits per heavy atom. The van der Waals surface area contributed by atoms with Gasteiger partial charge in [-0.2, -0.15) is 0 Å². The Kier molecular flexibility index (Phi) is 4.71. The zero-order valence-electron chi connectivity index (χ0n) is 8.02. The number of hydrogen-bond donors (Lipinski definition) is 0. The summed E-state index contributed by atoms with van der Waals surface area (Å²) in [6.45, 7) is 2.02. The van der Waals surface area contributed by atoms with Gasteiger partial charge >= 0.3 is 5.97 Å². The minimum atomic E-state index is -0.481. The van der Waals surface area contributed by atoms with Crippen molar-refractivity contribution in [1.82, 2.24) is 0 Å². The van der Waals surface area contributed by atoms with E-state index >= 15 is 0 Å². The molecule has 0 heterocycles. The van der Waals surface area contributed by atoms with E-state index in [0.29, 0.717) is 22.2 Å². The van der Waals surface area contributed by atoms with E-state index in [4.69, 9.17) is 39.5 Å². The Hall–Kier alpha value is -0.440. The van der Waals surface area contributed by atoms with Crippen LogP contribution in [0.1, 0.15) is 22.8 Å². The number of hydrogen-bond acceptors (Lipinski definition) is 2. The van der Waals surface area contributed by atoms with Crippen LogP contribution in [0.5, 0.6) is 0 Å². The van der Waals surface area contributed by atoms with E-state index in [1.54, 1.807) is 13.0 Å². The predicted molar refractivity (Wildman–Crippen MR) is 62.0 cm³/mol. The molecular weight excluding hydrogens is 258 g/mol. The lowest BCUT2D eigenvalue weighted by atomic mass is 10.1. The van der Waals surface area contributed by atoms with Crippen LogP contribution in [0.3, 0.4) is 0 Å². The summed E-state index contributed by atoms with van der Waals surface area (Å²) in [5.41, 5.74) is 0.953. The van der Waals surface area contributed by atoms with Crippen LogP contribution in [0.15, 0.2) is 12.1 Å². The van der Waals surface area contributed by atoms with Gasteiger partial charge < -0.3 is 4.74 Å². The number of rotatable bonds is 3. The smallest absolute Gasteiger partial charge is 0.339 e. The molecule has 82 valence electrons. The van der Waals surface area contributed by atoms with Gasteiger partial charge in [-0.1, -0.05) is 23.2 Å². The summed E-state index contributed by atoms with van der Waals surface area (Å²) >= 11 is 17.4. The van der Waals surface area contributed by atoms with Crippen molar-refractivity contribution in [3.8, 4) is 0 Å². The molecule has 1 rings (SSSR count). The van der Waals surface area contributed by atoms with Crippen molar-refractivity contribution in [1.29, 1.82) is 0 Å². The Balaban J connectivity index is 3.10. The Bertz CT molecular complexity index is 377. The van der Waals surface area contributed by atoms with Crippen LogP contribution in [0.4, 0.5) is 0 Å². The molecule has 0 aliphatic heterocycles. The van der Waals surface area contributed by atoms with E-state index < -0.39 is 5.97 Å². The zero-order valence-corrected chi connectivity index (χ0v) is 10.3. The van der Waals surface area contributed by atoms with Crippen LogP contribution in [-0.2, 0) is 10.6 Å². The van der Waals surface area contributed by atoms with Gasteiger partial charge in [-0.25, -0.2) is 4.79 Å². The average Bonchev–Trinajstić information content (AvgIpc) is 2.21. The minimum Gasteiger partial charge on any atom is -0.462 e. The van der Waals surface area contributed by atoms with Gasteiger partial charge in [0.05, 0.1) is 17.2 Å². The first-order chi connectivity index (χ1) is 7.10. The van der Waals surface area contributed by atoms with Gasteiger partial charge in [0.15, 0.2) is 0 Å². The highest BCUT2D eigenvalue weighted by Crippen LogP contribution is 2.27. The van der Waals surface area contributed by atoms with Crippen LogP contribution < -0.4 is 0 Å². The normalized spacial score (nSPS) is 10.1. The molecule has 0 unspecified atom stereocenters. The average molecular weight is 268 g/mol. The van der Waals surface area contributed by atoms with Crippen molar-refractivity contribution >= 4 is 40.8 Å². The second kappa shape index (κ2) is 5.59. The first-order valence-corrected chi connectivity index (χ1v) is 5.60. The molecule has 0 atom stereocenters. The first kappa shape index (κ1) is 12.6. The van der Waals surface area contributed by atoms with E-state index in [2.05, 4.69) is 0 Å². The van der Waals surface area contributed by atoms with Crippen LogP contribution in [0.2, 0.25) is 10.0 Å². The van der Waals surface area contributed by atoms with Crippen LogP contribution in [0.25, 0.3) is 0 Å². The summed E-state index contributed by atoms with van der Waals surface area (Å²) in [6, 6.07) is 3.04. The highest BCUT2D eigenvalue weighted by Gasteiger charge is 2.14. The molecule has 0 N–H and O–H groups in total. The molecule has 5 heteroatoms. The standard InChI is InChI=1S/C10H9Cl3O2/c1-2-15-10(14)7-4-8(12)6(5-11)3-9(7)13/h3-4H,2,5H2,1H3. The highest BCUT2D eigenvalue weighted by atomic mass is 35.5. The molecule has 0 amide bonds. The number of halogens is 3. The molecule has 0 saturated carbocycles. The molecule has 15 heavy (non-hydrogen) atoms. The predicted octanol–water partition coefficient (Wildman–Crippen LogP) is 3.91. The summed E-state index contributed by atoms with van der Waals surface area (Å²) in [5.74, 6) is -0.229. The third-order valence-corrected chi connectivity index (χ3v) is 2.73.